The number of aryl methyl sites for hydroxylation is 1. The van der Waals surface area contributed by atoms with Crippen LogP contribution in [0, 0.1) is 0 Å². The number of benzene rings is 2. The van der Waals surface area contributed by atoms with E-state index < -0.39 is 0 Å². The Kier molecular flexibility index (Phi) is 4.47. The van der Waals surface area contributed by atoms with Crippen LogP contribution in [0.3, 0.4) is 0 Å². The summed E-state index contributed by atoms with van der Waals surface area (Å²) < 4.78 is 1.16. The van der Waals surface area contributed by atoms with E-state index in [-0.39, 0.29) is 0 Å². The third-order valence-electron chi connectivity index (χ3n) is 3.16. The van der Waals surface area contributed by atoms with Gasteiger partial charge < -0.3 is 0 Å². The third-order valence-corrected chi connectivity index (χ3v) is 4.59. The van der Waals surface area contributed by atoms with Gasteiger partial charge in [0.2, 0.25) is 0 Å². The number of rotatable bonds is 4. The second-order valence-electron chi connectivity index (χ2n) is 4.54. The maximum Gasteiger partial charge on any atom is 0.124 e. The number of alkyl halides is 1. The van der Waals surface area contributed by atoms with E-state index in [1.807, 2.05) is 6.07 Å². The second-order valence-corrected chi connectivity index (χ2v) is 6.48. The molecule has 0 bridgehead atoms. The first-order valence-electron chi connectivity index (χ1n) is 6.53. The quantitative estimate of drug-likeness (QED) is 0.426. The lowest BCUT2D eigenvalue weighted by atomic mass is 10.1. The highest BCUT2D eigenvalue weighted by Crippen LogP contribution is 2.28. The Bertz CT molecular complexity index is 674. The smallest absolute Gasteiger partial charge is 0.124 e. The van der Waals surface area contributed by atoms with Gasteiger partial charge in [-0.15, -0.1) is 11.3 Å². The first-order valence-corrected chi connectivity index (χ1v) is 8.93. The highest BCUT2D eigenvalue weighted by atomic mass is 127. The zero-order chi connectivity index (χ0) is 13.8. The number of halogens is 1. The van der Waals surface area contributed by atoms with Crippen molar-refractivity contribution in [3.8, 4) is 21.8 Å². The lowest BCUT2D eigenvalue weighted by Gasteiger charge is -2.00. The minimum Gasteiger partial charge on any atom is -0.236 e. The Balaban J connectivity index is 1.86. The van der Waals surface area contributed by atoms with Crippen molar-refractivity contribution in [3.05, 3.63) is 65.5 Å². The lowest BCUT2D eigenvalue weighted by molar-refractivity contribution is 1.18. The topological polar surface area (TPSA) is 12.9 Å². The second kappa shape index (κ2) is 6.50. The Hall–Kier alpha value is -1.20. The van der Waals surface area contributed by atoms with Crippen molar-refractivity contribution in [2.45, 2.75) is 6.42 Å². The van der Waals surface area contributed by atoms with Gasteiger partial charge in [0.1, 0.15) is 5.01 Å². The van der Waals surface area contributed by atoms with Gasteiger partial charge in [0.05, 0.1) is 5.69 Å². The van der Waals surface area contributed by atoms with Gasteiger partial charge in [0.15, 0.2) is 0 Å². The molecule has 3 heteroatoms. The van der Waals surface area contributed by atoms with Crippen LogP contribution in [0.5, 0.6) is 0 Å². The molecule has 0 amide bonds. The normalized spacial score (nSPS) is 10.7. The summed E-state index contributed by atoms with van der Waals surface area (Å²) in [6, 6.07) is 19.1. The van der Waals surface area contributed by atoms with Crippen molar-refractivity contribution >= 4 is 33.9 Å². The van der Waals surface area contributed by atoms with E-state index in [0.717, 1.165) is 21.5 Å². The third kappa shape index (κ3) is 3.10. The first kappa shape index (κ1) is 13.8. The summed E-state index contributed by atoms with van der Waals surface area (Å²) in [6.07, 6.45) is 1.13. The van der Waals surface area contributed by atoms with Gasteiger partial charge in [-0.3, -0.25) is 0 Å². The van der Waals surface area contributed by atoms with Gasteiger partial charge in [-0.1, -0.05) is 77.2 Å². The highest BCUT2D eigenvalue weighted by molar-refractivity contribution is 14.1. The molecule has 0 aliphatic heterocycles. The zero-order valence-corrected chi connectivity index (χ0v) is 13.9. The summed E-state index contributed by atoms with van der Waals surface area (Å²) in [7, 11) is 0. The molecular weight excluding hydrogens is 377 g/mol. The summed E-state index contributed by atoms with van der Waals surface area (Å²) in [5, 5.41) is 3.22. The summed E-state index contributed by atoms with van der Waals surface area (Å²) in [4.78, 5) is 4.74. The molecular formula is C17H14INS. The molecule has 0 radical (unpaired) electrons. The molecule has 0 saturated carbocycles. The average Bonchev–Trinajstić information content (AvgIpc) is 2.99. The fraction of sp³-hybridized carbons (Fsp3) is 0.118. The molecule has 1 heterocycles. The number of thiazole rings is 1. The van der Waals surface area contributed by atoms with Crippen LogP contribution in [0.4, 0.5) is 0 Å². The van der Waals surface area contributed by atoms with Gasteiger partial charge in [-0.2, -0.15) is 0 Å². The number of aromatic nitrogens is 1. The van der Waals surface area contributed by atoms with E-state index in [4.69, 9.17) is 4.98 Å². The average molecular weight is 391 g/mol. The number of hydrogen-bond acceptors (Lipinski definition) is 2. The van der Waals surface area contributed by atoms with Gasteiger partial charge in [-0.05, 0) is 12.0 Å². The SMILES string of the molecule is ICCc1ccc(-c2csc(-c3ccccc3)n2)cc1. The molecule has 20 heavy (non-hydrogen) atoms. The molecule has 1 nitrogen and oxygen atoms in total. The van der Waals surface area contributed by atoms with E-state index in [1.54, 1.807) is 11.3 Å². The van der Waals surface area contributed by atoms with Crippen molar-refractivity contribution in [3.63, 3.8) is 0 Å². The van der Waals surface area contributed by atoms with Gasteiger partial charge in [-0.25, -0.2) is 4.98 Å². The van der Waals surface area contributed by atoms with Crippen molar-refractivity contribution in [2.24, 2.45) is 0 Å². The molecule has 3 aromatic rings. The fourth-order valence-electron chi connectivity index (χ4n) is 2.07. The predicted molar refractivity (Wildman–Crippen MR) is 95.6 cm³/mol. The Morgan fingerprint density at radius 2 is 1.65 bits per heavy atom. The molecule has 2 aromatic carbocycles. The van der Waals surface area contributed by atoms with Crippen LogP contribution in [0.2, 0.25) is 0 Å². The van der Waals surface area contributed by atoms with Crippen LogP contribution < -0.4 is 0 Å². The van der Waals surface area contributed by atoms with Crippen molar-refractivity contribution in [2.75, 3.05) is 4.43 Å². The maximum absolute atomic E-state index is 4.74. The van der Waals surface area contributed by atoms with E-state index in [2.05, 4.69) is 76.5 Å². The Labute approximate surface area is 136 Å². The predicted octanol–water partition coefficient (Wildman–Crippen LogP) is 5.45. The van der Waals surface area contributed by atoms with Crippen LogP contribution in [0.25, 0.3) is 21.8 Å². The standard InChI is InChI=1S/C17H14INS/c18-11-10-13-6-8-14(9-7-13)16-12-20-17(19-16)15-4-2-1-3-5-15/h1-9,12H,10-11H2. The van der Waals surface area contributed by atoms with E-state index >= 15 is 0 Å². The van der Waals surface area contributed by atoms with E-state index in [0.29, 0.717) is 0 Å². The summed E-state index contributed by atoms with van der Waals surface area (Å²) in [5.41, 5.74) is 4.84. The summed E-state index contributed by atoms with van der Waals surface area (Å²) in [5.74, 6) is 0. The summed E-state index contributed by atoms with van der Waals surface area (Å²) >= 11 is 4.11. The largest absolute Gasteiger partial charge is 0.236 e. The van der Waals surface area contributed by atoms with Crippen LogP contribution in [0.1, 0.15) is 5.56 Å². The van der Waals surface area contributed by atoms with Crippen LogP contribution in [-0.2, 0) is 6.42 Å². The van der Waals surface area contributed by atoms with Gasteiger partial charge >= 0.3 is 0 Å². The number of hydrogen-bond donors (Lipinski definition) is 0. The van der Waals surface area contributed by atoms with Crippen molar-refractivity contribution in [1.29, 1.82) is 0 Å². The van der Waals surface area contributed by atoms with Crippen molar-refractivity contribution < 1.29 is 0 Å². The molecule has 0 fully saturated rings. The molecule has 0 spiro atoms. The fourth-order valence-corrected chi connectivity index (χ4v) is 3.53. The molecule has 100 valence electrons. The highest BCUT2D eigenvalue weighted by Gasteiger charge is 2.06. The van der Waals surface area contributed by atoms with Crippen LogP contribution in [0.15, 0.2) is 60.0 Å². The number of nitrogens with zero attached hydrogens (tertiary/aromatic N) is 1. The Morgan fingerprint density at radius 1 is 0.900 bits per heavy atom. The minimum atomic E-state index is 1.06. The zero-order valence-electron chi connectivity index (χ0n) is 10.9. The van der Waals surface area contributed by atoms with E-state index in [1.165, 1.54) is 16.7 Å². The molecule has 0 unspecified atom stereocenters. The van der Waals surface area contributed by atoms with Crippen LogP contribution in [-0.4, -0.2) is 9.41 Å². The molecule has 0 atom stereocenters. The van der Waals surface area contributed by atoms with Crippen LogP contribution >= 0.6 is 33.9 Å². The van der Waals surface area contributed by atoms with Crippen molar-refractivity contribution in [1.82, 2.24) is 4.98 Å². The molecule has 0 aliphatic rings. The monoisotopic (exact) mass is 391 g/mol. The molecule has 0 saturated heterocycles. The maximum atomic E-state index is 4.74. The first-order chi connectivity index (χ1) is 9.86. The Morgan fingerprint density at radius 3 is 2.35 bits per heavy atom. The lowest BCUT2D eigenvalue weighted by Crippen LogP contribution is -1.85. The van der Waals surface area contributed by atoms with Gasteiger partial charge in [0.25, 0.3) is 0 Å². The van der Waals surface area contributed by atoms with Gasteiger partial charge in [0, 0.05) is 20.9 Å². The molecule has 0 aliphatic carbocycles. The summed E-state index contributed by atoms with van der Waals surface area (Å²) in [6.45, 7) is 0. The molecule has 3 rings (SSSR count). The minimum absolute atomic E-state index is 1.06. The molecule has 0 N–H and O–H groups in total. The molecule has 1 aromatic heterocycles. The van der Waals surface area contributed by atoms with E-state index in [9.17, 15) is 0 Å².